The quantitative estimate of drug-likeness (QED) is 0.818. The van der Waals surface area contributed by atoms with Crippen LogP contribution < -0.4 is 0 Å². The highest BCUT2D eigenvalue weighted by atomic mass is 19.1. The van der Waals surface area contributed by atoms with Crippen LogP contribution in [0.5, 0.6) is 0 Å². The van der Waals surface area contributed by atoms with Crippen molar-refractivity contribution in [2.45, 2.75) is 18.0 Å². The maximum Gasteiger partial charge on any atom is 0.238 e. The number of morpholine rings is 1. The predicted molar refractivity (Wildman–Crippen MR) is 109 cm³/mol. The predicted octanol–water partition coefficient (Wildman–Crippen LogP) is 2.00. The molecule has 1 N–H and O–H groups in total. The van der Waals surface area contributed by atoms with Crippen molar-refractivity contribution >= 4 is 5.91 Å². The normalized spacial score (nSPS) is 24.2. The molecule has 156 valence electrons. The van der Waals surface area contributed by atoms with E-state index in [9.17, 15) is 19.6 Å². The Morgan fingerprint density at radius 2 is 1.90 bits per heavy atom. The number of carbonyl (C=O) groups is 1. The molecule has 2 aliphatic heterocycles. The highest BCUT2D eigenvalue weighted by Gasteiger charge is 2.51. The maximum atomic E-state index is 13.5. The standard InChI is InChI=1S/C23H24FN3O3/c24-19-3-1-2-18(12-19)16-4-6-17(7-5-16)23-20(13-25)27(21(23)15-28)22(29)14-26-8-10-30-11-9-26/h1-7,12,20-21,23,28H,8-11,14-15H2/t20-,21+,23+/m1/s1. The molecule has 2 heterocycles. The van der Waals surface area contributed by atoms with Gasteiger partial charge in [-0.1, -0.05) is 36.4 Å². The summed E-state index contributed by atoms with van der Waals surface area (Å²) in [6, 6.07) is 15.1. The van der Waals surface area contributed by atoms with Crippen LogP contribution in [0.3, 0.4) is 0 Å². The Labute approximate surface area is 175 Å². The third-order valence-electron chi connectivity index (χ3n) is 5.94. The number of aliphatic hydroxyl groups is 1. The largest absolute Gasteiger partial charge is 0.394 e. The third-order valence-corrected chi connectivity index (χ3v) is 5.94. The van der Waals surface area contributed by atoms with Crippen LogP contribution in [-0.2, 0) is 9.53 Å². The van der Waals surface area contributed by atoms with Crippen molar-refractivity contribution in [3.8, 4) is 17.2 Å². The number of ether oxygens (including phenoxy) is 1. The molecular formula is C23H24FN3O3. The Bertz CT molecular complexity index is 937. The third kappa shape index (κ3) is 3.94. The van der Waals surface area contributed by atoms with Crippen molar-refractivity contribution in [2.75, 3.05) is 39.5 Å². The van der Waals surface area contributed by atoms with E-state index in [-0.39, 0.29) is 30.8 Å². The molecule has 2 saturated heterocycles. The zero-order chi connectivity index (χ0) is 21.1. The van der Waals surface area contributed by atoms with Crippen LogP contribution in [0.4, 0.5) is 4.39 Å². The lowest BCUT2D eigenvalue weighted by Gasteiger charge is -2.52. The summed E-state index contributed by atoms with van der Waals surface area (Å²) in [6.07, 6.45) is 0. The maximum absolute atomic E-state index is 13.5. The molecule has 0 bridgehead atoms. The molecule has 2 fully saturated rings. The molecule has 0 aliphatic carbocycles. The van der Waals surface area contributed by atoms with Crippen LogP contribution in [0.2, 0.25) is 0 Å². The van der Waals surface area contributed by atoms with Crippen molar-refractivity contribution in [3.05, 3.63) is 59.9 Å². The van der Waals surface area contributed by atoms with Gasteiger partial charge in [0.1, 0.15) is 11.9 Å². The Morgan fingerprint density at radius 3 is 2.53 bits per heavy atom. The van der Waals surface area contributed by atoms with Gasteiger partial charge in [-0.05, 0) is 28.8 Å². The molecular weight excluding hydrogens is 385 g/mol. The summed E-state index contributed by atoms with van der Waals surface area (Å²) in [7, 11) is 0. The number of amides is 1. The minimum Gasteiger partial charge on any atom is -0.394 e. The van der Waals surface area contributed by atoms with E-state index in [0.29, 0.717) is 26.3 Å². The fourth-order valence-corrected chi connectivity index (χ4v) is 4.35. The number of carbonyl (C=O) groups excluding carboxylic acids is 1. The van der Waals surface area contributed by atoms with Crippen LogP contribution in [0, 0.1) is 17.1 Å². The number of aliphatic hydroxyl groups excluding tert-OH is 1. The Morgan fingerprint density at radius 1 is 1.17 bits per heavy atom. The molecule has 1 amide bonds. The number of rotatable bonds is 5. The van der Waals surface area contributed by atoms with Crippen molar-refractivity contribution in [3.63, 3.8) is 0 Å². The molecule has 0 saturated carbocycles. The minimum atomic E-state index is -0.615. The van der Waals surface area contributed by atoms with Crippen LogP contribution >= 0.6 is 0 Å². The first-order valence-electron chi connectivity index (χ1n) is 10.1. The second-order valence-electron chi connectivity index (χ2n) is 7.67. The van der Waals surface area contributed by atoms with Crippen molar-refractivity contribution in [1.29, 1.82) is 5.26 Å². The SMILES string of the molecule is N#C[C@@H]1[C@H](c2ccc(-c3cccc(F)c3)cc2)[C@H](CO)N1C(=O)CN1CCOCC1. The summed E-state index contributed by atoms with van der Waals surface area (Å²) in [6.45, 7) is 2.58. The van der Waals surface area contributed by atoms with Crippen molar-refractivity contribution in [1.82, 2.24) is 9.80 Å². The van der Waals surface area contributed by atoms with Crippen LogP contribution in [-0.4, -0.2) is 72.4 Å². The number of benzene rings is 2. The molecule has 0 aromatic heterocycles. The molecule has 0 unspecified atom stereocenters. The van der Waals surface area contributed by atoms with Crippen LogP contribution in [0.1, 0.15) is 11.5 Å². The molecule has 2 aromatic carbocycles. The van der Waals surface area contributed by atoms with E-state index in [2.05, 4.69) is 6.07 Å². The van der Waals surface area contributed by atoms with E-state index < -0.39 is 12.1 Å². The molecule has 7 heteroatoms. The zero-order valence-corrected chi connectivity index (χ0v) is 16.6. The molecule has 6 nitrogen and oxygen atoms in total. The van der Waals surface area contributed by atoms with Crippen LogP contribution in [0.25, 0.3) is 11.1 Å². The number of likely N-dealkylation sites (tertiary alicyclic amines) is 1. The van der Waals surface area contributed by atoms with E-state index in [1.165, 1.54) is 17.0 Å². The first-order valence-corrected chi connectivity index (χ1v) is 10.1. The molecule has 2 aromatic rings. The molecule has 30 heavy (non-hydrogen) atoms. The lowest BCUT2D eigenvalue weighted by molar-refractivity contribution is -0.149. The van der Waals surface area contributed by atoms with Gasteiger partial charge in [-0.15, -0.1) is 0 Å². The number of halogens is 1. The summed E-state index contributed by atoms with van der Waals surface area (Å²) < 4.78 is 18.8. The summed E-state index contributed by atoms with van der Waals surface area (Å²) in [5.74, 6) is -0.694. The average molecular weight is 409 g/mol. The number of nitrogens with zero attached hydrogens (tertiary/aromatic N) is 3. The van der Waals surface area contributed by atoms with Gasteiger partial charge in [-0.3, -0.25) is 9.69 Å². The fraction of sp³-hybridized carbons (Fsp3) is 0.391. The summed E-state index contributed by atoms with van der Waals surface area (Å²) in [4.78, 5) is 16.4. The Hall–Kier alpha value is -2.79. The summed E-state index contributed by atoms with van der Waals surface area (Å²) in [5.41, 5.74) is 2.52. The minimum absolute atomic E-state index is 0.143. The van der Waals surface area contributed by atoms with E-state index in [1.807, 2.05) is 35.2 Å². The first-order chi connectivity index (χ1) is 14.6. The number of hydrogen-bond acceptors (Lipinski definition) is 5. The van der Waals surface area contributed by atoms with Gasteiger partial charge in [0.15, 0.2) is 0 Å². The van der Waals surface area contributed by atoms with E-state index >= 15 is 0 Å². The Kier molecular flexibility index (Phi) is 6.09. The highest BCUT2D eigenvalue weighted by Crippen LogP contribution is 2.41. The van der Waals surface area contributed by atoms with E-state index in [4.69, 9.17) is 4.74 Å². The molecule has 0 radical (unpaired) electrons. The lowest BCUT2D eigenvalue weighted by atomic mass is 9.75. The van der Waals surface area contributed by atoms with Crippen LogP contribution in [0.15, 0.2) is 48.5 Å². The monoisotopic (exact) mass is 409 g/mol. The van der Waals surface area contributed by atoms with Crippen molar-refractivity contribution in [2.24, 2.45) is 0 Å². The molecule has 2 aliphatic rings. The average Bonchev–Trinajstić information content (AvgIpc) is 2.75. The lowest BCUT2D eigenvalue weighted by Crippen LogP contribution is -2.66. The fourth-order valence-electron chi connectivity index (χ4n) is 4.35. The Balaban J connectivity index is 1.50. The van der Waals surface area contributed by atoms with Gasteiger partial charge in [-0.2, -0.15) is 5.26 Å². The highest BCUT2D eigenvalue weighted by molar-refractivity contribution is 5.81. The summed E-state index contributed by atoms with van der Waals surface area (Å²) in [5, 5.41) is 19.7. The molecule has 0 spiro atoms. The van der Waals surface area contributed by atoms with Crippen molar-refractivity contribution < 1.29 is 19.0 Å². The smallest absolute Gasteiger partial charge is 0.238 e. The molecule has 3 atom stereocenters. The van der Waals surface area contributed by atoms with E-state index in [0.717, 1.165) is 16.7 Å². The van der Waals surface area contributed by atoms with Gasteiger partial charge < -0.3 is 14.7 Å². The second kappa shape index (κ2) is 8.92. The van der Waals surface area contributed by atoms with E-state index in [1.54, 1.807) is 6.07 Å². The number of nitriles is 1. The van der Waals surface area contributed by atoms with Gasteiger partial charge in [0.05, 0.1) is 38.5 Å². The van der Waals surface area contributed by atoms with Gasteiger partial charge in [0, 0.05) is 19.0 Å². The second-order valence-corrected chi connectivity index (χ2v) is 7.67. The first kappa shape index (κ1) is 20.5. The summed E-state index contributed by atoms with van der Waals surface area (Å²) >= 11 is 0. The zero-order valence-electron chi connectivity index (χ0n) is 16.6. The number of hydrogen-bond donors (Lipinski definition) is 1. The topological polar surface area (TPSA) is 76.8 Å². The van der Waals surface area contributed by atoms with Gasteiger partial charge in [0.25, 0.3) is 0 Å². The van der Waals surface area contributed by atoms with Gasteiger partial charge >= 0.3 is 0 Å². The molecule has 4 rings (SSSR count). The van der Waals surface area contributed by atoms with Gasteiger partial charge in [-0.25, -0.2) is 4.39 Å². The van der Waals surface area contributed by atoms with Gasteiger partial charge in [0.2, 0.25) is 5.91 Å².